The van der Waals surface area contributed by atoms with Crippen LogP contribution in [0, 0.1) is 0 Å². The molecule has 0 atom stereocenters. The van der Waals surface area contributed by atoms with E-state index in [2.05, 4.69) is 14.9 Å². The van der Waals surface area contributed by atoms with Crippen LogP contribution in [0.2, 0.25) is 0 Å². The molecule has 0 radical (unpaired) electrons. The van der Waals surface area contributed by atoms with Gasteiger partial charge >= 0.3 is 6.01 Å². The summed E-state index contributed by atoms with van der Waals surface area (Å²) in [6.07, 6.45) is 1.69. The zero-order valence-electron chi connectivity index (χ0n) is 9.51. The number of rotatable bonds is 4. The third-order valence-corrected chi connectivity index (χ3v) is 2.65. The summed E-state index contributed by atoms with van der Waals surface area (Å²) in [4.78, 5) is 10.3. The van der Waals surface area contributed by atoms with Crippen LogP contribution in [0.3, 0.4) is 0 Å². The summed E-state index contributed by atoms with van der Waals surface area (Å²) < 4.78 is 10.1. The summed E-state index contributed by atoms with van der Waals surface area (Å²) in [5.74, 6) is 0. The molecular formula is C10H16N4O2. The first-order valence-corrected chi connectivity index (χ1v) is 5.07. The van der Waals surface area contributed by atoms with Gasteiger partial charge in [-0.15, -0.1) is 0 Å². The Hall–Kier alpha value is -1.24. The van der Waals surface area contributed by atoms with Crippen molar-refractivity contribution in [3.05, 3.63) is 18.0 Å². The van der Waals surface area contributed by atoms with E-state index in [-0.39, 0.29) is 0 Å². The summed E-state index contributed by atoms with van der Waals surface area (Å²) in [6, 6.07) is 2.26. The van der Waals surface area contributed by atoms with Gasteiger partial charge in [0.05, 0.1) is 12.8 Å². The molecule has 1 aromatic heterocycles. The average Bonchev–Trinajstić information content (AvgIpc) is 2.27. The van der Waals surface area contributed by atoms with E-state index in [1.807, 2.05) is 6.07 Å². The lowest BCUT2D eigenvalue weighted by Crippen LogP contribution is -2.67. The van der Waals surface area contributed by atoms with Crippen molar-refractivity contribution in [2.24, 2.45) is 5.73 Å². The zero-order valence-corrected chi connectivity index (χ0v) is 9.51. The van der Waals surface area contributed by atoms with Gasteiger partial charge in [0.2, 0.25) is 0 Å². The predicted octanol–water partition coefficient (Wildman–Crippen LogP) is -0.398. The van der Waals surface area contributed by atoms with Gasteiger partial charge in [-0.3, -0.25) is 4.90 Å². The van der Waals surface area contributed by atoms with E-state index in [1.54, 1.807) is 20.4 Å². The van der Waals surface area contributed by atoms with Crippen molar-refractivity contribution in [1.82, 2.24) is 14.9 Å². The first-order valence-electron chi connectivity index (χ1n) is 5.07. The molecule has 0 saturated carbocycles. The number of methoxy groups -OCH3 is 2. The average molecular weight is 224 g/mol. The molecule has 6 heteroatoms. The van der Waals surface area contributed by atoms with Crippen LogP contribution in [0.25, 0.3) is 0 Å². The molecule has 1 aliphatic rings. The predicted molar refractivity (Wildman–Crippen MR) is 57.8 cm³/mol. The summed E-state index contributed by atoms with van der Waals surface area (Å²) in [5.41, 5.74) is 6.31. The molecule has 0 aliphatic carbocycles. The Morgan fingerprint density at radius 3 is 2.88 bits per heavy atom. The maximum absolute atomic E-state index is 5.88. The lowest BCUT2D eigenvalue weighted by Gasteiger charge is -2.46. The highest BCUT2D eigenvalue weighted by Crippen LogP contribution is 2.20. The number of nitrogens with zero attached hydrogens (tertiary/aromatic N) is 3. The molecule has 0 unspecified atom stereocenters. The van der Waals surface area contributed by atoms with E-state index in [4.69, 9.17) is 15.2 Å². The lowest BCUT2D eigenvalue weighted by molar-refractivity contribution is -0.123. The summed E-state index contributed by atoms with van der Waals surface area (Å²) in [5, 5.41) is 0. The molecule has 16 heavy (non-hydrogen) atoms. The molecule has 2 heterocycles. The second-order valence-electron chi connectivity index (χ2n) is 3.95. The Morgan fingerprint density at radius 2 is 2.25 bits per heavy atom. The molecular weight excluding hydrogens is 208 g/mol. The van der Waals surface area contributed by atoms with Crippen LogP contribution in [0.4, 0.5) is 0 Å². The third-order valence-electron chi connectivity index (χ3n) is 2.65. The fraction of sp³-hybridized carbons (Fsp3) is 0.600. The standard InChI is InChI=1S/C10H16N4O2/c1-15-9-12-4-3-8(13-9)5-14-6-10(11,7-14)16-2/h3-4H,5-7,11H2,1-2H3. The normalized spacial score (nSPS) is 19.2. The SMILES string of the molecule is COc1nccc(CN2CC(N)(OC)C2)n1. The first-order chi connectivity index (χ1) is 7.65. The van der Waals surface area contributed by atoms with Gasteiger partial charge in [-0.05, 0) is 6.07 Å². The molecule has 0 spiro atoms. The van der Waals surface area contributed by atoms with Crippen molar-refractivity contribution >= 4 is 0 Å². The summed E-state index contributed by atoms with van der Waals surface area (Å²) in [6.45, 7) is 2.17. The van der Waals surface area contributed by atoms with Crippen LogP contribution in [0.5, 0.6) is 6.01 Å². The summed E-state index contributed by atoms with van der Waals surface area (Å²) >= 11 is 0. The maximum Gasteiger partial charge on any atom is 0.316 e. The lowest BCUT2D eigenvalue weighted by atomic mass is 10.1. The minimum Gasteiger partial charge on any atom is -0.467 e. The smallest absolute Gasteiger partial charge is 0.316 e. The minimum absolute atomic E-state index is 0.392. The van der Waals surface area contributed by atoms with E-state index in [9.17, 15) is 0 Å². The van der Waals surface area contributed by atoms with Gasteiger partial charge in [0.1, 0.15) is 5.72 Å². The van der Waals surface area contributed by atoms with Crippen molar-refractivity contribution < 1.29 is 9.47 Å². The van der Waals surface area contributed by atoms with Crippen molar-refractivity contribution in [1.29, 1.82) is 0 Å². The van der Waals surface area contributed by atoms with Gasteiger partial charge < -0.3 is 15.2 Å². The fourth-order valence-electron chi connectivity index (χ4n) is 1.74. The maximum atomic E-state index is 5.88. The van der Waals surface area contributed by atoms with Gasteiger partial charge in [-0.2, -0.15) is 4.98 Å². The van der Waals surface area contributed by atoms with E-state index in [1.165, 1.54) is 0 Å². The van der Waals surface area contributed by atoms with Crippen molar-refractivity contribution in [2.45, 2.75) is 12.3 Å². The molecule has 2 N–H and O–H groups in total. The van der Waals surface area contributed by atoms with Crippen molar-refractivity contribution in [3.63, 3.8) is 0 Å². The van der Waals surface area contributed by atoms with E-state index in [0.717, 1.165) is 25.3 Å². The molecule has 0 amide bonds. The molecule has 1 saturated heterocycles. The van der Waals surface area contributed by atoms with E-state index < -0.39 is 5.72 Å². The first kappa shape index (κ1) is 11.3. The minimum atomic E-state index is -0.489. The number of ether oxygens (including phenoxy) is 2. The van der Waals surface area contributed by atoms with Gasteiger partial charge in [-0.1, -0.05) is 0 Å². The monoisotopic (exact) mass is 224 g/mol. The second kappa shape index (κ2) is 4.32. The fourth-order valence-corrected chi connectivity index (χ4v) is 1.74. The Morgan fingerprint density at radius 1 is 1.50 bits per heavy atom. The van der Waals surface area contributed by atoms with Crippen LogP contribution in [-0.2, 0) is 11.3 Å². The van der Waals surface area contributed by atoms with Gasteiger partial charge in [0.25, 0.3) is 0 Å². The van der Waals surface area contributed by atoms with E-state index >= 15 is 0 Å². The van der Waals surface area contributed by atoms with Gasteiger partial charge in [-0.25, -0.2) is 4.98 Å². The number of hydrogen-bond acceptors (Lipinski definition) is 6. The number of hydrogen-bond donors (Lipinski definition) is 1. The highest BCUT2D eigenvalue weighted by molar-refractivity contribution is 5.07. The van der Waals surface area contributed by atoms with E-state index in [0.29, 0.717) is 6.01 Å². The molecule has 1 aliphatic heterocycles. The quantitative estimate of drug-likeness (QED) is 0.702. The number of nitrogens with two attached hydrogens (primary N) is 1. The van der Waals surface area contributed by atoms with Crippen molar-refractivity contribution in [2.75, 3.05) is 27.3 Å². The van der Waals surface area contributed by atoms with Crippen LogP contribution >= 0.6 is 0 Å². The highest BCUT2D eigenvalue weighted by atomic mass is 16.5. The number of aromatic nitrogens is 2. The van der Waals surface area contributed by atoms with Crippen LogP contribution in [0.1, 0.15) is 5.69 Å². The molecule has 2 rings (SSSR count). The molecule has 6 nitrogen and oxygen atoms in total. The Bertz CT molecular complexity index is 366. The zero-order chi connectivity index (χ0) is 11.6. The second-order valence-corrected chi connectivity index (χ2v) is 3.95. The highest BCUT2D eigenvalue weighted by Gasteiger charge is 2.39. The molecule has 0 aromatic carbocycles. The Kier molecular flexibility index (Phi) is 3.04. The van der Waals surface area contributed by atoms with Crippen LogP contribution in [0.15, 0.2) is 12.3 Å². The topological polar surface area (TPSA) is 73.5 Å². The van der Waals surface area contributed by atoms with Gasteiger partial charge in [0, 0.05) is 32.9 Å². The molecule has 1 aromatic rings. The van der Waals surface area contributed by atoms with Crippen LogP contribution < -0.4 is 10.5 Å². The van der Waals surface area contributed by atoms with Crippen LogP contribution in [-0.4, -0.2) is 47.9 Å². The molecule has 88 valence electrons. The number of likely N-dealkylation sites (tertiary alicyclic amines) is 1. The molecule has 0 bridgehead atoms. The Balaban J connectivity index is 1.91. The largest absolute Gasteiger partial charge is 0.467 e. The van der Waals surface area contributed by atoms with Gasteiger partial charge in [0.15, 0.2) is 0 Å². The third kappa shape index (κ3) is 2.29. The van der Waals surface area contributed by atoms with Crippen molar-refractivity contribution in [3.8, 4) is 6.01 Å². The molecule has 1 fully saturated rings. The Labute approximate surface area is 94.4 Å². The summed E-state index contributed by atoms with van der Waals surface area (Å²) in [7, 11) is 3.18.